The van der Waals surface area contributed by atoms with Crippen LogP contribution in [0.3, 0.4) is 0 Å². The fourth-order valence-corrected chi connectivity index (χ4v) is 10.4. The normalized spacial score (nSPS) is 16.7. The van der Waals surface area contributed by atoms with E-state index in [0.717, 1.165) is 63.1 Å². The molecule has 52 heavy (non-hydrogen) atoms. The Morgan fingerprint density at radius 1 is 0.673 bits per heavy atom. The first kappa shape index (κ1) is 33.3. The number of hydrogen-bond acceptors (Lipinski definition) is 5. The zero-order chi connectivity index (χ0) is 35.8. The lowest BCUT2D eigenvalue weighted by Crippen LogP contribution is -2.28. The molecule has 11 heteroatoms. The molecule has 1 heterocycles. The summed E-state index contributed by atoms with van der Waals surface area (Å²) in [5, 5.41) is 18.8. The second-order valence-electron chi connectivity index (χ2n) is 13.6. The molecule has 2 unspecified atom stereocenters. The largest absolute Gasteiger partial charge is 0.849 e. The highest BCUT2D eigenvalue weighted by Gasteiger charge is 2.47. The first-order chi connectivity index (χ1) is 25.1. The van der Waals surface area contributed by atoms with E-state index in [4.69, 9.17) is 8.39 Å². The fourth-order valence-electron chi connectivity index (χ4n) is 8.20. The number of sulfonamides is 1. The molecular weight excluding hydrogens is 706 g/mol. The predicted octanol–water partition coefficient (Wildman–Crippen LogP) is 10.9. The van der Waals surface area contributed by atoms with Crippen molar-refractivity contribution < 1.29 is 35.1 Å². The molecule has 0 aliphatic heterocycles. The van der Waals surface area contributed by atoms with Crippen LogP contribution in [0.2, 0.25) is 0 Å². The number of aryl methyl sites for hydroxylation is 3. The summed E-state index contributed by atoms with van der Waals surface area (Å²) in [7, 11) is -8.90. The Kier molecular flexibility index (Phi) is 8.01. The molecule has 7 aromatic rings. The van der Waals surface area contributed by atoms with E-state index >= 15 is 0 Å². The van der Waals surface area contributed by atoms with Crippen LogP contribution in [0.4, 0.5) is 13.2 Å². The maximum Gasteiger partial charge on any atom is 0.512 e. The van der Waals surface area contributed by atoms with E-state index in [1.807, 2.05) is 97.1 Å². The van der Waals surface area contributed by atoms with E-state index in [0.29, 0.717) is 58.7 Å². The fraction of sp³-hybridized carbons (Fsp3) is 0.220. The quantitative estimate of drug-likeness (QED) is 0.194. The van der Waals surface area contributed by atoms with Crippen molar-refractivity contribution in [2.75, 3.05) is 4.49 Å². The van der Waals surface area contributed by atoms with Crippen molar-refractivity contribution in [1.82, 2.24) is 0 Å². The zero-order valence-corrected chi connectivity index (χ0v) is 29.5. The van der Waals surface area contributed by atoms with E-state index in [1.165, 1.54) is 0 Å². The zero-order valence-electron chi connectivity index (χ0n) is 27.8. The van der Waals surface area contributed by atoms with Crippen molar-refractivity contribution in [2.24, 2.45) is 0 Å². The van der Waals surface area contributed by atoms with E-state index in [2.05, 4.69) is 0 Å². The van der Waals surface area contributed by atoms with Crippen LogP contribution in [0, 0.1) is 0 Å². The molecule has 0 saturated heterocycles. The lowest BCUT2D eigenvalue weighted by atomic mass is 9.80. The van der Waals surface area contributed by atoms with Gasteiger partial charge in [-0.05, 0) is 100 Å². The highest BCUT2D eigenvalue weighted by molar-refractivity contribution is 7.98. The second kappa shape index (κ2) is 12.5. The van der Waals surface area contributed by atoms with Gasteiger partial charge in [-0.1, -0.05) is 103 Å². The van der Waals surface area contributed by atoms with Crippen molar-refractivity contribution in [1.29, 1.82) is 0 Å². The number of fused-ring (bicyclic) bond motifs is 9. The van der Waals surface area contributed by atoms with Crippen molar-refractivity contribution in [2.45, 2.75) is 56.6 Å². The molecule has 6 nitrogen and oxygen atoms in total. The third-order valence-corrected chi connectivity index (χ3v) is 13.4. The van der Waals surface area contributed by atoms with Gasteiger partial charge < -0.3 is 13.5 Å². The van der Waals surface area contributed by atoms with Crippen molar-refractivity contribution >= 4 is 61.7 Å². The van der Waals surface area contributed by atoms with Gasteiger partial charge in [-0.2, -0.15) is 13.2 Å². The molecule has 0 bridgehead atoms. The average Bonchev–Trinajstić information content (AvgIpc) is 3.31. The Bertz CT molecular complexity index is 2730. The van der Waals surface area contributed by atoms with Crippen LogP contribution >= 0.6 is 8.16 Å². The monoisotopic (exact) mass is 738 g/mol. The molecule has 2 aliphatic carbocycles. The maximum absolute atomic E-state index is 14.0. The van der Waals surface area contributed by atoms with Crippen molar-refractivity contribution in [3.05, 3.63) is 119 Å². The minimum absolute atomic E-state index is 0.210. The molecule has 1 N–H and O–H groups in total. The third-order valence-electron chi connectivity index (χ3n) is 10.5. The van der Waals surface area contributed by atoms with Crippen LogP contribution in [-0.2, 0) is 29.3 Å². The summed E-state index contributed by atoms with van der Waals surface area (Å²) in [4.78, 5) is 0. The van der Waals surface area contributed by atoms with E-state index < -0.39 is 29.8 Å². The molecule has 0 amide bonds. The standard InChI is InChI=1S/C41H32F3NO5PS/c42-41(43,44)52(47,48)45-51-49-39-34(30-18-7-13-24-10-1-4-15-27(24)30)22-26-12-3-6-17-29(26)37(39)38-32-20-9-21-36(46)33(32)23-35(40(38)50-51)31-19-8-14-25-11-2-5-16-28(25)31/h1-2,4-5,7-8,10-11,13-16,18-19,22-23,36,45H,3,6,9,12,17,20-21H2/q-1. The van der Waals surface area contributed by atoms with Gasteiger partial charge in [0.25, 0.3) is 0 Å². The summed E-state index contributed by atoms with van der Waals surface area (Å²) in [5.74, 6) is 0. The highest BCUT2D eigenvalue weighted by Crippen LogP contribution is 2.50. The molecule has 2 atom stereocenters. The van der Waals surface area contributed by atoms with E-state index in [9.17, 15) is 26.7 Å². The van der Waals surface area contributed by atoms with Gasteiger partial charge in [0.1, 0.15) is 0 Å². The Hall–Kier alpha value is -4.60. The lowest BCUT2D eigenvalue weighted by molar-refractivity contribution is -0.429. The Morgan fingerprint density at radius 3 is 1.85 bits per heavy atom. The van der Waals surface area contributed by atoms with Gasteiger partial charge in [-0.15, -0.1) is 4.49 Å². The molecule has 0 fully saturated rings. The Balaban J connectivity index is 1.54. The van der Waals surface area contributed by atoms with Gasteiger partial charge in [-0.3, -0.25) is 0 Å². The second-order valence-corrected chi connectivity index (χ2v) is 16.7. The van der Waals surface area contributed by atoms with Crippen LogP contribution < -0.4 is 9.60 Å². The summed E-state index contributed by atoms with van der Waals surface area (Å²) in [6.45, 7) is 0. The van der Waals surface area contributed by atoms with E-state index in [1.54, 1.807) is 4.49 Å². The summed E-state index contributed by atoms with van der Waals surface area (Å²) in [6, 6.07) is 31.0. The topological polar surface area (TPSA) is 95.5 Å². The van der Waals surface area contributed by atoms with Gasteiger partial charge in [0.15, 0.2) is 11.2 Å². The molecular formula is C41H32F3NO5PS-. The van der Waals surface area contributed by atoms with Gasteiger partial charge in [0, 0.05) is 21.9 Å². The smallest absolute Gasteiger partial charge is 0.512 e. The van der Waals surface area contributed by atoms with Crippen LogP contribution in [0.1, 0.15) is 54.0 Å². The summed E-state index contributed by atoms with van der Waals surface area (Å²) in [5.41, 5.74) is 0.936. The summed E-state index contributed by atoms with van der Waals surface area (Å²) < 4.78 is 82.5. The average molecular weight is 739 g/mol. The van der Waals surface area contributed by atoms with Gasteiger partial charge in [0.05, 0.1) is 0 Å². The summed E-state index contributed by atoms with van der Waals surface area (Å²) >= 11 is 0. The molecule has 0 radical (unpaired) electrons. The van der Waals surface area contributed by atoms with Crippen molar-refractivity contribution in [3.63, 3.8) is 0 Å². The number of benzene rings is 6. The minimum atomic E-state index is -5.91. The van der Waals surface area contributed by atoms with Gasteiger partial charge in [0.2, 0.25) is 0 Å². The lowest BCUT2D eigenvalue weighted by Gasteiger charge is -2.32. The molecule has 0 spiro atoms. The molecule has 264 valence electrons. The van der Waals surface area contributed by atoms with Crippen LogP contribution in [-0.4, -0.2) is 13.9 Å². The number of rotatable bonds is 4. The molecule has 6 aromatic carbocycles. The number of halogens is 3. The predicted molar refractivity (Wildman–Crippen MR) is 199 cm³/mol. The molecule has 0 saturated carbocycles. The first-order valence-corrected chi connectivity index (χ1v) is 20.0. The van der Waals surface area contributed by atoms with Crippen LogP contribution in [0.5, 0.6) is 0 Å². The minimum Gasteiger partial charge on any atom is -0.849 e. The maximum atomic E-state index is 14.0. The highest BCUT2D eigenvalue weighted by atomic mass is 32.2. The number of hydrogen-bond donors (Lipinski definition) is 1. The third kappa shape index (κ3) is 5.43. The number of alkyl halides is 3. The molecule has 9 rings (SSSR count). The number of nitrogens with one attached hydrogen (secondary N) is 1. The Labute approximate surface area is 298 Å². The van der Waals surface area contributed by atoms with Gasteiger partial charge in [-0.25, -0.2) is 8.42 Å². The first-order valence-electron chi connectivity index (χ1n) is 17.3. The molecule has 2 aliphatic rings. The van der Waals surface area contributed by atoms with Crippen molar-refractivity contribution in [3.8, 4) is 22.3 Å². The van der Waals surface area contributed by atoms with E-state index in [-0.39, 0.29) is 11.2 Å². The molecule has 1 aromatic heterocycles. The van der Waals surface area contributed by atoms with Gasteiger partial charge >= 0.3 is 23.7 Å². The SMILES string of the molecule is O=S(=O)(Np1oc2c(-c3cccc4ccccc34)cc3c(c2c2c4c(cc(-c5cccc6ccccc56)c2o1)C([O-])CCC4)CCCC3)C(F)(F)F. The van der Waals surface area contributed by atoms with Crippen LogP contribution in [0.15, 0.2) is 105 Å². The Morgan fingerprint density at radius 2 is 1.21 bits per heavy atom. The van der Waals surface area contributed by atoms with Crippen LogP contribution in [0.25, 0.3) is 65.7 Å². The summed E-state index contributed by atoms with van der Waals surface area (Å²) in [6.07, 6.45) is 3.88.